The maximum atomic E-state index is 17.8. The quantitative estimate of drug-likeness (QED) is 0.408. The maximum Gasteiger partial charge on any atom is 0.193 e. The van der Waals surface area contributed by atoms with Crippen LogP contribution in [0.25, 0.3) is 0 Å². The molecule has 5 aliphatic rings. The summed E-state index contributed by atoms with van der Waals surface area (Å²) in [5, 5.41) is 22.0. The van der Waals surface area contributed by atoms with Gasteiger partial charge in [-0.15, -0.1) is 0 Å². The number of fused-ring (bicyclic) bond motifs is 7. The van der Waals surface area contributed by atoms with E-state index in [1.54, 1.807) is 13.8 Å². The molecule has 1 aliphatic heterocycles. The summed E-state index contributed by atoms with van der Waals surface area (Å²) in [5.74, 6) is -2.07. The summed E-state index contributed by atoms with van der Waals surface area (Å²) in [4.78, 5) is 26.0. The molecule has 10 atom stereocenters. The van der Waals surface area contributed by atoms with Gasteiger partial charge >= 0.3 is 0 Å². The molecule has 9 heteroatoms. The number of hydrogen-bond acceptors (Lipinski definition) is 7. The molecule has 4 fully saturated rings. The topological polar surface area (TPSA) is 119 Å². The molecule has 0 bridgehead atoms. The van der Waals surface area contributed by atoms with E-state index in [4.69, 9.17) is 15.2 Å². The molecule has 4 N–H and O–H groups in total. The van der Waals surface area contributed by atoms with E-state index in [9.17, 15) is 19.8 Å². The van der Waals surface area contributed by atoms with Gasteiger partial charge in [0.15, 0.2) is 29.1 Å². The number of hydrogen-bond donors (Lipinski definition) is 3. The maximum absolute atomic E-state index is 17.8. The lowest BCUT2D eigenvalue weighted by atomic mass is 9.39. The molecule has 0 aromatic heterocycles. The van der Waals surface area contributed by atoms with Crippen molar-refractivity contribution < 1.29 is 38.1 Å². The number of benzene rings is 2. The van der Waals surface area contributed by atoms with E-state index in [-0.39, 0.29) is 24.8 Å². The molecule has 3 saturated carbocycles. The molecule has 238 valence electrons. The third kappa shape index (κ3) is 3.81. The van der Waals surface area contributed by atoms with E-state index in [1.165, 1.54) is 12.2 Å². The van der Waals surface area contributed by atoms with Crippen LogP contribution in [0.3, 0.4) is 0 Å². The van der Waals surface area contributed by atoms with Crippen LogP contribution in [0.4, 0.5) is 14.5 Å². The number of rotatable bonds is 5. The lowest BCUT2D eigenvalue weighted by Gasteiger charge is -2.66. The lowest BCUT2D eigenvalue weighted by Crippen LogP contribution is -2.73. The second-order valence-corrected chi connectivity index (χ2v) is 14.3. The van der Waals surface area contributed by atoms with E-state index in [1.807, 2.05) is 55.5 Å². The first kappa shape index (κ1) is 30.4. The molecule has 2 aromatic rings. The Balaban J connectivity index is 1.24. The molecule has 45 heavy (non-hydrogen) atoms. The van der Waals surface area contributed by atoms with E-state index in [0.717, 1.165) is 17.2 Å². The van der Waals surface area contributed by atoms with Crippen molar-refractivity contribution in [2.45, 2.75) is 82.4 Å². The highest BCUT2D eigenvalue weighted by Crippen LogP contribution is 2.77. The molecule has 1 saturated heterocycles. The summed E-state index contributed by atoms with van der Waals surface area (Å²) in [7, 11) is 0. The number of carbonyl (C=O) groups excluding carboxylic acids is 2. The van der Waals surface area contributed by atoms with Gasteiger partial charge in [0.2, 0.25) is 0 Å². The second kappa shape index (κ2) is 9.88. The summed E-state index contributed by atoms with van der Waals surface area (Å²) in [6.45, 7) is 4.32. The number of halogens is 2. The van der Waals surface area contributed by atoms with Crippen LogP contribution in [0.15, 0.2) is 72.3 Å². The van der Waals surface area contributed by atoms with Gasteiger partial charge in [0.1, 0.15) is 12.8 Å². The Labute approximate surface area is 261 Å². The highest BCUT2D eigenvalue weighted by Gasteiger charge is 2.83. The number of carbonyl (C=O) groups is 2. The van der Waals surface area contributed by atoms with Crippen molar-refractivity contribution >= 4 is 17.3 Å². The number of ether oxygens (including phenoxy) is 2. The number of ketones is 2. The minimum Gasteiger partial charge on any atom is -0.399 e. The number of nitrogens with two attached hydrogens (primary N) is 1. The van der Waals surface area contributed by atoms with Crippen LogP contribution in [0.5, 0.6) is 0 Å². The van der Waals surface area contributed by atoms with Crippen molar-refractivity contribution in [1.29, 1.82) is 0 Å². The van der Waals surface area contributed by atoms with Crippen molar-refractivity contribution in [2.75, 3.05) is 12.3 Å². The van der Waals surface area contributed by atoms with Crippen LogP contribution in [0.1, 0.15) is 63.0 Å². The highest BCUT2D eigenvalue weighted by molar-refractivity contribution is 6.01. The molecular weight excluding hydrogens is 580 g/mol. The van der Waals surface area contributed by atoms with E-state index in [2.05, 4.69) is 0 Å². The molecule has 7 nitrogen and oxygen atoms in total. The molecule has 0 unspecified atom stereocenters. The van der Waals surface area contributed by atoms with Crippen LogP contribution >= 0.6 is 0 Å². The average Bonchev–Trinajstić information content (AvgIpc) is 3.47. The fourth-order valence-corrected chi connectivity index (χ4v) is 9.86. The molecule has 7 rings (SSSR count). The zero-order valence-electron chi connectivity index (χ0n) is 25.6. The van der Waals surface area contributed by atoms with Crippen LogP contribution in [0.2, 0.25) is 0 Å². The SMILES string of the molecule is C[C@]12C[C@H](O)[C@@]3(F)[C@@H](C[C@H](F)C4=CC(=O)C=C[C@@]43C)[C@]1(C)C[C@H]1O[C@@H](c3ccc(Cc4cccc(N)c4)cc3)O[C@]12C(=O)CO. The van der Waals surface area contributed by atoms with Gasteiger partial charge in [-0.1, -0.05) is 56.3 Å². The van der Waals surface area contributed by atoms with E-state index in [0.29, 0.717) is 17.7 Å². The molecule has 0 amide bonds. The van der Waals surface area contributed by atoms with Crippen molar-refractivity contribution in [3.63, 3.8) is 0 Å². The van der Waals surface area contributed by atoms with Crippen molar-refractivity contribution in [3.05, 3.63) is 89.0 Å². The Morgan fingerprint density at radius 2 is 1.82 bits per heavy atom. The summed E-state index contributed by atoms with van der Waals surface area (Å²) >= 11 is 0. The van der Waals surface area contributed by atoms with Gasteiger partial charge in [0.05, 0.1) is 12.2 Å². The van der Waals surface area contributed by atoms with Gasteiger partial charge in [-0.2, -0.15) is 0 Å². The first-order valence-corrected chi connectivity index (χ1v) is 15.6. The monoisotopic (exact) mass is 619 g/mol. The van der Waals surface area contributed by atoms with Gasteiger partial charge in [-0.25, -0.2) is 8.78 Å². The Bertz CT molecular complexity index is 1640. The van der Waals surface area contributed by atoms with E-state index < -0.39 is 76.3 Å². The fourth-order valence-electron chi connectivity index (χ4n) is 9.86. The third-order valence-electron chi connectivity index (χ3n) is 12.3. The molecule has 1 heterocycles. The number of allylic oxidation sites excluding steroid dienone is 4. The van der Waals surface area contributed by atoms with Crippen LogP contribution in [-0.4, -0.2) is 58.0 Å². The normalized spacial score (nSPS) is 43.2. The van der Waals surface area contributed by atoms with Gasteiger partial charge < -0.3 is 25.4 Å². The smallest absolute Gasteiger partial charge is 0.193 e. The Morgan fingerprint density at radius 1 is 1.09 bits per heavy atom. The Morgan fingerprint density at radius 3 is 2.51 bits per heavy atom. The van der Waals surface area contributed by atoms with Crippen molar-refractivity contribution in [2.24, 2.45) is 22.2 Å². The van der Waals surface area contributed by atoms with Gasteiger partial charge in [-0.3, -0.25) is 9.59 Å². The lowest BCUT2D eigenvalue weighted by molar-refractivity contribution is -0.263. The minimum atomic E-state index is -2.33. The molecule has 2 aromatic carbocycles. The molecular formula is C36H39F2NO6. The summed E-state index contributed by atoms with van der Waals surface area (Å²) in [6, 6.07) is 15.3. The average molecular weight is 620 g/mol. The first-order valence-electron chi connectivity index (χ1n) is 15.6. The van der Waals surface area contributed by atoms with Crippen LogP contribution in [0, 0.1) is 22.2 Å². The second-order valence-electron chi connectivity index (χ2n) is 14.3. The van der Waals surface area contributed by atoms with Crippen molar-refractivity contribution in [3.8, 4) is 0 Å². The number of Topliss-reactive ketones (excluding diaryl/α,β-unsaturated/α-hetero) is 1. The Kier molecular flexibility index (Phi) is 6.68. The minimum absolute atomic E-state index is 0.0334. The standard InChI is InChI=1S/C36H39F2NO6/c1-32-12-11-24(41)15-25(32)26(37)16-27-33(2)18-30-36(29(43)19-40,34(33,3)17-28(42)35(27,32)38)45-31(44-30)22-9-7-20(8-10-22)13-21-5-4-6-23(39)14-21/h4-12,14-15,26-28,30-31,40,42H,13,16-19,39H2,1-3H3/t26-,27-,28-,30+,31+,32-,33-,34-,35-,36+/m0/s1. The predicted octanol–water partition coefficient (Wildman–Crippen LogP) is 4.89. The number of alkyl halides is 2. The van der Waals surface area contributed by atoms with Crippen LogP contribution < -0.4 is 5.73 Å². The molecule has 0 spiro atoms. The highest BCUT2D eigenvalue weighted by atomic mass is 19.1. The van der Waals surface area contributed by atoms with Gasteiger partial charge in [0.25, 0.3) is 0 Å². The predicted molar refractivity (Wildman–Crippen MR) is 162 cm³/mol. The van der Waals surface area contributed by atoms with Gasteiger partial charge in [-0.05, 0) is 79.0 Å². The summed E-state index contributed by atoms with van der Waals surface area (Å²) in [6.07, 6.45) is -0.885. The fraction of sp³-hybridized carbons (Fsp3) is 0.500. The molecule has 4 aliphatic carbocycles. The van der Waals surface area contributed by atoms with Crippen LogP contribution in [-0.2, 0) is 25.5 Å². The molecule has 0 radical (unpaired) electrons. The third-order valence-corrected chi connectivity index (χ3v) is 12.3. The first-order chi connectivity index (χ1) is 21.2. The summed E-state index contributed by atoms with van der Waals surface area (Å²) in [5.41, 5.74) is 1.54. The van der Waals surface area contributed by atoms with Crippen molar-refractivity contribution in [1.82, 2.24) is 0 Å². The Hall–Kier alpha value is -3.24. The zero-order chi connectivity index (χ0) is 32.2. The van der Waals surface area contributed by atoms with E-state index >= 15 is 8.78 Å². The largest absolute Gasteiger partial charge is 0.399 e. The number of nitrogen functional groups attached to an aromatic ring is 1. The number of aliphatic hydroxyl groups is 2. The zero-order valence-corrected chi connectivity index (χ0v) is 25.6. The number of anilines is 1. The van der Waals surface area contributed by atoms with Gasteiger partial charge in [0, 0.05) is 28.0 Å². The summed E-state index contributed by atoms with van der Waals surface area (Å²) < 4.78 is 46.8. The number of aliphatic hydroxyl groups excluding tert-OH is 2.